The summed E-state index contributed by atoms with van der Waals surface area (Å²) in [5, 5.41) is 11.8. The van der Waals surface area contributed by atoms with Gasteiger partial charge in [0.1, 0.15) is 0 Å². The highest BCUT2D eigenvalue weighted by atomic mass is 32.2. The van der Waals surface area contributed by atoms with E-state index in [9.17, 15) is 13.2 Å². The van der Waals surface area contributed by atoms with Crippen LogP contribution in [0.3, 0.4) is 0 Å². The largest absolute Gasteiger partial charge is 0.352 e. The lowest BCUT2D eigenvalue weighted by molar-refractivity contribution is -0.126. The molecular formula is C21H23N3O3S. The number of benzene rings is 2. The van der Waals surface area contributed by atoms with Crippen molar-refractivity contribution in [2.75, 3.05) is 13.1 Å². The van der Waals surface area contributed by atoms with E-state index in [1.807, 2.05) is 37.3 Å². The molecule has 6 nitrogen and oxygen atoms in total. The zero-order valence-electron chi connectivity index (χ0n) is 15.8. The summed E-state index contributed by atoms with van der Waals surface area (Å²) >= 11 is 0. The van der Waals surface area contributed by atoms with Gasteiger partial charge in [0.15, 0.2) is 0 Å². The van der Waals surface area contributed by atoms with Crippen LogP contribution in [0, 0.1) is 24.2 Å². The van der Waals surface area contributed by atoms with Crippen LogP contribution in [0.1, 0.15) is 29.5 Å². The van der Waals surface area contributed by atoms with E-state index in [0.717, 1.165) is 11.1 Å². The summed E-state index contributed by atoms with van der Waals surface area (Å²) in [5.74, 6) is -0.214. The number of rotatable bonds is 5. The van der Waals surface area contributed by atoms with E-state index in [4.69, 9.17) is 5.26 Å². The fourth-order valence-electron chi connectivity index (χ4n) is 3.36. The van der Waals surface area contributed by atoms with Crippen molar-refractivity contribution >= 4 is 15.9 Å². The Bertz CT molecular complexity index is 986. The molecule has 146 valence electrons. The summed E-state index contributed by atoms with van der Waals surface area (Å²) in [4.78, 5) is 12.6. The smallest absolute Gasteiger partial charge is 0.243 e. The summed E-state index contributed by atoms with van der Waals surface area (Å²) in [6.45, 7) is 3.11. The third-order valence-electron chi connectivity index (χ3n) is 5.00. The molecule has 7 heteroatoms. The standard InChI is InChI=1S/C21H23N3O3S/c1-16-3-2-4-18(13-16)15-23-21(25)19-9-11-24(12-10-19)28(26,27)20-7-5-17(14-22)6-8-20/h2-8,13,19H,9-12,15H2,1H3,(H,23,25). The first-order valence-electron chi connectivity index (χ1n) is 9.24. The van der Waals surface area contributed by atoms with Crippen LogP contribution < -0.4 is 5.32 Å². The maximum Gasteiger partial charge on any atom is 0.243 e. The summed E-state index contributed by atoms with van der Waals surface area (Å²) in [5.41, 5.74) is 2.62. The van der Waals surface area contributed by atoms with Crippen molar-refractivity contribution < 1.29 is 13.2 Å². The second-order valence-electron chi connectivity index (χ2n) is 7.02. The normalized spacial score (nSPS) is 15.7. The molecule has 0 saturated carbocycles. The molecule has 1 amide bonds. The quantitative estimate of drug-likeness (QED) is 0.840. The van der Waals surface area contributed by atoms with Gasteiger partial charge in [-0.15, -0.1) is 0 Å². The lowest BCUT2D eigenvalue weighted by atomic mass is 9.97. The van der Waals surface area contributed by atoms with Crippen LogP contribution in [0.15, 0.2) is 53.4 Å². The van der Waals surface area contributed by atoms with Crippen LogP contribution in [0.4, 0.5) is 0 Å². The minimum absolute atomic E-state index is 0.0306. The molecule has 1 fully saturated rings. The van der Waals surface area contributed by atoms with Crippen LogP contribution in [-0.2, 0) is 21.4 Å². The van der Waals surface area contributed by atoms with Crippen LogP contribution in [0.5, 0.6) is 0 Å². The first-order chi connectivity index (χ1) is 13.4. The van der Waals surface area contributed by atoms with E-state index in [0.29, 0.717) is 38.0 Å². The predicted molar refractivity (Wildman–Crippen MR) is 106 cm³/mol. The zero-order chi connectivity index (χ0) is 20.1. The highest BCUT2D eigenvalue weighted by Crippen LogP contribution is 2.24. The Morgan fingerprint density at radius 3 is 2.46 bits per heavy atom. The Balaban J connectivity index is 1.55. The lowest BCUT2D eigenvalue weighted by Crippen LogP contribution is -2.42. The van der Waals surface area contributed by atoms with Crippen molar-refractivity contribution in [2.45, 2.75) is 31.2 Å². The molecule has 0 atom stereocenters. The molecule has 0 spiro atoms. The van der Waals surface area contributed by atoms with E-state index in [1.165, 1.54) is 28.6 Å². The topological polar surface area (TPSA) is 90.3 Å². The molecular weight excluding hydrogens is 374 g/mol. The van der Waals surface area contributed by atoms with Crippen LogP contribution >= 0.6 is 0 Å². The van der Waals surface area contributed by atoms with Crippen molar-refractivity contribution in [1.82, 2.24) is 9.62 Å². The number of piperidine rings is 1. The summed E-state index contributed by atoms with van der Waals surface area (Å²) in [6.07, 6.45) is 0.990. The number of nitriles is 1. The van der Waals surface area contributed by atoms with Crippen LogP contribution in [0.2, 0.25) is 0 Å². The summed E-state index contributed by atoms with van der Waals surface area (Å²) < 4.78 is 26.9. The molecule has 2 aromatic carbocycles. The average Bonchev–Trinajstić information content (AvgIpc) is 2.72. The molecule has 28 heavy (non-hydrogen) atoms. The molecule has 2 aromatic rings. The maximum atomic E-state index is 12.7. The van der Waals surface area contributed by atoms with Gasteiger partial charge in [-0.2, -0.15) is 9.57 Å². The minimum atomic E-state index is -3.60. The first kappa shape index (κ1) is 20.1. The fourth-order valence-corrected chi connectivity index (χ4v) is 4.83. The summed E-state index contributed by atoms with van der Waals surface area (Å²) in [6, 6.07) is 15.9. The third kappa shape index (κ3) is 4.58. The molecule has 0 bridgehead atoms. The monoisotopic (exact) mass is 397 g/mol. The van der Waals surface area contributed by atoms with Crippen molar-refractivity contribution in [1.29, 1.82) is 5.26 Å². The number of hydrogen-bond donors (Lipinski definition) is 1. The van der Waals surface area contributed by atoms with Gasteiger partial charge in [-0.25, -0.2) is 8.42 Å². The number of nitrogens with one attached hydrogen (secondary N) is 1. The van der Waals surface area contributed by atoms with Gasteiger partial charge >= 0.3 is 0 Å². The lowest BCUT2D eigenvalue weighted by Gasteiger charge is -2.30. The van der Waals surface area contributed by atoms with Crippen molar-refractivity contribution in [3.05, 3.63) is 65.2 Å². The number of carbonyl (C=O) groups excluding carboxylic acids is 1. The molecule has 1 N–H and O–H groups in total. The highest BCUT2D eigenvalue weighted by molar-refractivity contribution is 7.89. The van der Waals surface area contributed by atoms with E-state index >= 15 is 0 Å². The van der Waals surface area contributed by atoms with Crippen molar-refractivity contribution in [3.8, 4) is 6.07 Å². The van der Waals surface area contributed by atoms with E-state index in [1.54, 1.807) is 0 Å². The second kappa shape index (κ2) is 8.55. The number of amides is 1. The van der Waals surface area contributed by atoms with E-state index in [2.05, 4.69) is 5.32 Å². The third-order valence-corrected chi connectivity index (χ3v) is 6.91. The molecule has 1 saturated heterocycles. The molecule has 1 heterocycles. The molecule has 1 aliphatic heterocycles. The highest BCUT2D eigenvalue weighted by Gasteiger charge is 2.31. The molecule has 0 unspecified atom stereocenters. The van der Waals surface area contributed by atoms with Gasteiger partial charge in [0, 0.05) is 25.6 Å². The van der Waals surface area contributed by atoms with Crippen LogP contribution in [0.25, 0.3) is 0 Å². The molecule has 0 aromatic heterocycles. The predicted octanol–water partition coefficient (Wildman–Crippen LogP) is 2.58. The Kier molecular flexibility index (Phi) is 6.12. The molecule has 0 aliphatic carbocycles. The Morgan fingerprint density at radius 1 is 1.18 bits per heavy atom. The Labute approximate surface area is 165 Å². The van der Waals surface area contributed by atoms with E-state index in [-0.39, 0.29) is 16.7 Å². The van der Waals surface area contributed by atoms with Gasteiger partial charge in [0.25, 0.3) is 0 Å². The van der Waals surface area contributed by atoms with Crippen LogP contribution in [-0.4, -0.2) is 31.7 Å². The number of sulfonamides is 1. The second-order valence-corrected chi connectivity index (χ2v) is 8.96. The van der Waals surface area contributed by atoms with E-state index < -0.39 is 10.0 Å². The van der Waals surface area contributed by atoms with Gasteiger partial charge in [0.2, 0.25) is 15.9 Å². The van der Waals surface area contributed by atoms with Gasteiger partial charge in [0.05, 0.1) is 16.5 Å². The van der Waals surface area contributed by atoms with Gasteiger partial charge in [-0.05, 0) is 49.6 Å². The van der Waals surface area contributed by atoms with Crippen molar-refractivity contribution in [3.63, 3.8) is 0 Å². The zero-order valence-corrected chi connectivity index (χ0v) is 16.6. The fraction of sp³-hybridized carbons (Fsp3) is 0.333. The average molecular weight is 398 g/mol. The first-order valence-corrected chi connectivity index (χ1v) is 10.7. The van der Waals surface area contributed by atoms with Gasteiger partial charge in [-0.1, -0.05) is 29.8 Å². The Hall–Kier alpha value is -2.69. The number of hydrogen-bond acceptors (Lipinski definition) is 4. The number of carbonyl (C=O) groups is 1. The molecule has 3 rings (SSSR count). The summed E-state index contributed by atoms with van der Waals surface area (Å²) in [7, 11) is -3.60. The maximum absolute atomic E-state index is 12.7. The molecule has 0 radical (unpaired) electrons. The van der Waals surface area contributed by atoms with Gasteiger partial charge in [-0.3, -0.25) is 4.79 Å². The number of aryl methyl sites for hydroxylation is 1. The van der Waals surface area contributed by atoms with Gasteiger partial charge < -0.3 is 5.32 Å². The SMILES string of the molecule is Cc1cccc(CNC(=O)C2CCN(S(=O)(=O)c3ccc(C#N)cc3)CC2)c1. The van der Waals surface area contributed by atoms with Crippen molar-refractivity contribution in [2.24, 2.45) is 5.92 Å². The molecule has 1 aliphatic rings. The number of nitrogens with zero attached hydrogens (tertiary/aromatic N) is 2. The minimum Gasteiger partial charge on any atom is -0.352 e. The Morgan fingerprint density at radius 2 is 1.86 bits per heavy atom.